The zero-order chi connectivity index (χ0) is 14.1. The molecule has 0 saturated heterocycles. The van der Waals surface area contributed by atoms with Crippen LogP contribution in [0.25, 0.3) is 0 Å². The van der Waals surface area contributed by atoms with E-state index in [0.29, 0.717) is 0 Å². The molecule has 0 atom stereocenters. The first kappa shape index (κ1) is 14.6. The predicted octanol–water partition coefficient (Wildman–Crippen LogP) is 3.60. The Balaban J connectivity index is 2.65. The van der Waals surface area contributed by atoms with E-state index in [2.05, 4.69) is 19.2 Å². The molecular formula is C15H17N3O. The van der Waals surface area contributed by atoms with Crippen LogP contribution in [0.1, 0.15) is 26.7 Å². The van der Waals surface area contributed by atoms with Crippen molar-refractivity contribution in [3.63, 3.8) is 0 Å². The third kappa shape index (κ3) is 4.73. The summed E-state index contributed by atoms with van der Waals surface area (Å²) in [5.74, 6) is 0.823. The number of hydrogen-bond acceptors (Lipinski definition) is 4. The number of rotatable bonds is 6. The van der Waals surface area contributed by atoms with Gasteiger partial charge in [-0.25, -0.2) is 0 Å². The van der Waals surface area contributed by atoms with E-state index in [9.17, 15) is 0 Å². The molecule has 0 bridgehead atoms. The first-order valence-electron chi connectivity index (χ1n) is 6.27. The van der Waals surface area contributed by atoms with Crippen LogP contribution in [0.2, 0.25) is 0 Å². The zero-order valence-corrected chi connectivity index (χ0v) is 11.2. The summed E-state index contributed by atoms with van der Waals surface area (Å²) in [6.45, 7) is 4.19. The van der Waals surface area contributed by atoms with Crippen molar-refractivity contribution >= 4 is 5.69 Å². The van der Waals surface area contributed by atoms with Crippen LogP contribution in [-0.4, -0.2) is 6.10 Å². The molecule has 0 aliphatic carbocycles. The lowest BCUT2D eigenvalue weighted by molar-refractivity contribution is 0.193. The lowest BCUT2D eigenvalue weighted by Gasteiger charge is -2.15. The SMILES string of the molecule is CCC(CC)Oc1ccc(NC=C(C#N)C#N)cc1. The van der Waals surface area contributed by atoms with Crippen LogP contribution in [0.4, 0.5) is 5.69 Å². The fraction of sp³-hybridized carbons (Fsp3) is 0.333. The molecule has 98 valence electrons. The molecule has 4 heteroatoms. The van der Waals surface area contributed by atoms with Gasteiger partial charge in [-0.2, -0.15) is 10.5 Å². The van der Waals surface area contributed by atoms with Crippen molar-refractivity contribution in [1.29, 1.82) is 10.5 Å². The first-order valence-corrected chi connectivity index (χ1v) is 6.27. The largest absolute Gasteiger partial charge is 0.490 e. The molecule has 1 N–H and O–H groups in total. The fourth-order valence-corrected chi connectivity index (χ4v) is 1.52. The summed E-state index contributed by atoms with van der Waals surface area (Å²) in [6.07, 6.45) is 3.58. The number of nitriles is 2. The van der Waals surface area contributed by atoms with Crippen LogP contribution in [0.5, 0.6) is 5.75 Å². The van der Waals surface area contributed by atoms with E-state index in [1.807, 2.05) is 24.3 Å². The van der Waals surface area contributed by atoms with Crippen molar-refractivity contribution < 1.29 is 4.74 Å². The Hall–Kier alpha value is -2.46. The van der Waals surface area contributed by atoms with Crippen molar-refractivity contribution in [1.82, 2.24) is 0 Å². The Bertz CT molecular complexity index is 486. The second-order valence-electron chi connectivity index (χ2n) is 4.01. The van der Waals surface area contributed by atoms with Crippen molar-refractivity contribution in [2.45, 2.75) is 32.8 Å². The molecule has 0 amide bonds. The topological polar surface area (TPSA) is 68.8 Å². The average Bonchev–Trinajstić information content (AvgIpc) is 2.47. The molecule has 4 nitrogen and oxygen atoms in total. The van der Waals surface area contributed by atoms with Crippen molar-refractivity contribution in [3.8, 4) is 17.9 Å². The Kier molecular flexibility index (Phi) is 5.98. The van der Waals surface area contributed by atoms with E-state index in [4.69, 9.17) is 15.3 Å². The minimum atomic E-state index is 0.0392. The van der Waals surface area contributed by atoms with Gasteiger partial charge in [0.25, 0.3) is 0 Å². The van der Waals surface area contributed by atoms with Gasteiger partial charge in [-0.15, -0.1) is 0 Å². The molecule has 0 unspecified atom stereocenters. The van der Waals surface area contributed by atoms with Gasteiger partial charge in [0.15, 0.2) is 0 Å². The van der Waals surface area contributed by atoms with Crippen LogP contribution < -0.4 is 10.1 Å². The Labute approximate surface area is 113 Å². The Morgan fingerprint density at radius 3 is 2.26 bits per heavy atom. The van der Waals surface area contributed by atoms with Crippen molar-refractivity contribution in [2.75, 3.05) is 5.32 Å². The molecular weight excluding hydrogens is 238 g/mol. The minimum Gasteiger partial charge on any atom is -0.490 e. The maximum Gasteiger partial charge on any atom is 0.145 e. The maximum absolute atomic E-state index is 8.60. The van der Waals surface area contributed by atoms with Gasteiger partial charge in [-0.3, -0.25) is 0 Å². The molecule has 0 spiro atoms. The Morgan fingerprint density at radius 2 is 1.79 bits per heavy atom. The van der Waals surface area contributed by atoms with E-state index in [-0.39, 0.29) is 11.7 Å². The lowest BCUT2D eigenvalue weighted by atomic mass is 10.2. The van der Waals surface area contributed by atoms with Crippen LogP contribution in [0, 0.1) is 22.7 Å². The number of hydrogen-bond donors (Lipinski definition) is 1. The van der Waals surface area contributed by atoms with E-state index in [1.165, 1.54) is 6.20 Å². The standard InChI is InChI=1S/C15H17N3O/c1-3-14(4-2)19-15-7-5-13(6-8-15)18-11-12(9-16)10-17/h5-8,11,14,18H,3-4H2,1-2H3. The van der Waals surface area contributed by atoms with Crippen LogP contribution in [0.15, 0.2) is 36.0 Å². The monoisotopic (exact) mass is 255 g/mol. The van der Waals surface area contributed by atoms with Crippen molar-refractivity contribution in [3.05, 3.63) is 36.0 Å². The van der Waals surface area contributed by atoms with Gasteiger partial charge in [-0.1, -0.05) is 13.8 Å². The number of nitrogens with zero attached hydrogens (tertiary/aromatic N) is 2. The number of ether oxygens (including phenoxy) is 1. The summed E-state index contributed by atoms with van der Waals surface area (Å²) in [5, 5.41) is 20.1. The molecule has 0 heterocycles. The van der Waals surface area contributed by atoms with Gasteiger partial charge in [0, 0.05) is 11.9 Å². The van der Waals surface area contributed by atoms with Gasteiger partial charge in [0.05, 0.1) is 6.10 Å². The first-order chi connectivity index (χ1) is 9.23. The van der Waals surface area contributed by atoms with Gasteiger partial charge < -0.3 is 10.1 Å². The van der Waals surface area contributed by atoms with E-state index >= 15 is 0 Å². The number of nitrogens with one attached hydrogen (secondary N) is 1. The lowest BCUT2D eigenvalue weighted by Crippen LogP contribution is -2.13. The summed E-state index contributed by atoms with van der Waals surface area (Å²) in [7, 11) is 0. The van der Waals surface area contributed by atoms with Gasteiger partial charge in [-0.05, 0) is 37.1 Å². The molecule has 1 rings (SSSR count). The maximum atomic E-state index is 8.60. The highest BCUT2D eigenvalue weighted by Gasteiger charge is 2.04. The van der Waals surface area contributed by atoms with Gasteiger partial charge in [0.1, 0.15) is 23.5 Å². The second kappa shape index (κ2) is 7.79. The highest BCUT2D eigenvalue weighted by molar-refractivity contribution is 5.51. The zero-order valence-electron chi connectivity index (χ0n) is 11.2. The average molecular weight is 255 g/mol. The minimum absolute atomic E-state index is 0.0392. The van der Waals surface area contributed by atoms with E-state index in [0.717, 1.165) is 24.3 Å². The highest BCUT2D eigenvalue weighted by Crippen LogP contribution is 2.18. The summed E-state index contributed by atoms with van der Waals surface area (Å²) in [4.78, 5) is 0. The number of allylic oxidation sites excluding steroid dienone is 1. The van der Waals surface area contributed by atoms with E-state index in [1.54, 1.807) is 12.1 Å². The highest BCUT2D eigenvalue weighted by atomic mass is 16.5. The molecule has 1 aromatic rings. The van der Waals surface area contributed by atoms with Gasteiger partial charge in [0.2, 0.25) is 0 Å². The molecule has 0 aliphatic heterocycles. The fourth-order valence-electron chi connectivity index (χ4n) is 1.52. The van der Waals surface area contributed by atoms with Crippen LogP contribution in [0.3, 0.4) is 0 Å². The molecule has 0 radical (unpaired) electrons. The third-order valence-corrected chi connectivity index (χ3v) is 2.69. The summed E-state index contributed by atoms with van der Waals surface area (Å²) in [6, 6.07) is 11.0. The molecule has 0 aromatic heterocycles. The summed E-state index contributed by atoms with van der Waals surface area (Å²) in [5.41, 5.74) is 0.845. The smallest absolute Gasteiger partial charge is 0.145 e. The molecule has 0 fully saturated rings. The summed E-state index contributed by atoms with van der Waals surface area (Å²) >= 11 is 0. The third-order valence-electron chi connectivity index (χ3n) is 2.69. The van der Waals surface area contributed by atoms with Crippen molar-refractivity contribution in [2.24, 2.45) is 0 Å². The number of benzene rings is 1. The molecule has 0 saturated carbocycles. The normalized spacial score (nSPS) is 9.32. The Morgan fingerprint density at radius 1 is 1.21 bits per heavy atom. The predicted molar refractivity (Wildman–Crippen MR) is 74.4 cm³/mol. The van der Waals surface area contributed by atoms with Gasteiger partial charge >= 0.3 is 0 Å². The second-order valence-corrected chi connectivity index (χ2v) is 4.01. The van der Waals surface area contributed by atoms with E-state index < -0.39 is 0 Å². The van der Waals surface area contributed by atoms with Crippen LogP contribution in [-0.2, 0) is 0 Å². The number of anilines is 1. The molecule has 1 aromatic carbocycles. The summed E-state index contributed by atoms with van der Waals surface area (Å²) < 4.78 is 5.79. The molecule has 19 heavy (non-hydrogen) atoms. The molecule has 0 aliphatic rings. The van der Waals surface area contributed by atoms with Crippen LogP contribution >= 0.6 is 0 Å². The quantitative estimate of drug-likeness (QED) is 0.788.